The van der Waals surface area contributed by atoms with Crippen molar-refractivity contribution >= 4 is 49.8 Å². The quantitative estimate of drug-likeness (QED) is 0.166. The molecule has 0 amide bonds. The topological polar surface area (TPSA) is 16.4 Å². The predicted molar refractivity (Wildman–Crippen MR) is 279 cm³/mol. The van der Waals surface area contributed by atoms with E-state index < -0.39 is 5.41 Å². The van der Waals surface area contributed by atoms with Gasteiger partial charge in [0.1, 0.15) is 11.2 Å². The molecule has 2 aliphatic rings. The van der Waals surface area contributed by atoms with E-state index in [1.165, 1.54) is 77.9 Å². The highest BCUT2D eigenvalue weighted by atomic mass is 16.3. The summed E-state index contributed by atoms with van der Waals surface area (Å²) in [5.74, 6) is 0. The summed E-state index contributed by atoms with van der Waals surface area (Å²) in [6.07, 6.45) is 0. The van der Waals surface area contributed by atoms with E-state index in [1.54, 1.807) is 0 Å². The molecule has 11 aromatic carbocycles. The average Bonchev–Trinajstić information content (AvgIpc) is 4.04. The molecule has 67 heavy (non-hydrogen) atoms. The summed E-state index contributed by atoms with van der Waals surface area (Å²) >= 11 is 0. The largest absolute Gasteiger partial charge is 0.455 e. The third-order valence-electron chi connectivity index (χ3n) is 14.5. The van der Waals surface area contributed by atoms with Gasteiger partial charge in [-0.25, -0.2) is 0 Å². The van der Waals surface area contributed by atoms with Crippen LogP contribution < -0.4 is 4.90 Å². The predicted octanol–water partition coefficient (Wildman–Crippen LogP) is 17.6. The van der Waals surface area contributed by atoms with Gasteiger partial charge in [-0.3, -0.25) is 0 Å². The number of furan rings is 1. The van der Waals surface area contributed by atoms with E-state index >= 15 is 0 Å². The monoisotopic (exact) mass is 851 g/mol. The summed E-state index contributed by atoms with van der Waals surface area (Å²) in [5.41, 5.74) is 22.3. The van der Waals surface area contributed by atoms with Crippen LogP contribution >= 0.6 is 0 Å². The van der Waals surface area contributed by atoms with Crippen LogP contribution in [0.1, 0.15) is 22.3 Å². The molecule has 2 heteroatoms. The number of fused-ring (bicyclic) bond motifs is 15. The molecule has 12 aromatic rings. The highest BCUT2D eigenvalue weighted by Gasteiger charge is 2.51. The fourth-order valence-corrected chi connectivity index (χ4v) is 11.7. The maximum absolute atomic E-state index is 6.98. The Morgan fingerprint density at radius 2 is 0.806 bits per heavy atom. The van der Waals surface area contributed by atoms with Gasteiger partial charge in [-0.1, -0.05) is 200 Å². The van der Waals surface area contributed by atoms with E-state index in [4.69, 9.17) is 4.42 Å². The molecule has 2 aliphatic carbocycles. The SMILES string of the molecule is c1ccc(-c2ccc(N(c3ccccc3)c3cccc4oc5c6ccccc6c(-c6ccccc6-c6ccc7c(c6)C6(c8ccccc8-c8ccccc86)c6ccccc6-7)cc5c34)cc2)cc1. The molecule has 1 heterocycles. The smallest absolute Gasteiger partial charge is 0.143 e. The Labute approximate surface area is 389 Å². The second kappa shape index (κ2) is 14.7. The minimum atomic E-state index is -0.422. The van der Waals surface area contributed by atoms with Crippen LogP contribution in [0.25, 0.3) is 88.3 Å². The number of nitrogens with zero attached hydrogens (tertiary/aromatic N) is 1. The molecule has 0 bridgehead atoms. The van der Waals surface area contributed by atoms with Gasteiger partial charge < -0.3 is 9.32 Å². The Morgan fingerprint density at radius 3 is 1.48 bits per heavy atom. The van der Waals surface area contributed by atoms with Crippen molar-refractivity contribution in [2.75, 3.05) is 4.90 Å². The Hall–Kier alpha value is -8.72. The van der Waals surface area contributed by atoms with E-state index in [1.807, 2.05) is 0 Å². The van der Waals surface area contributed by atoms with Gasteiger partial charge in [0.2, 0.25) is 0 Å². The molecule has 14 rings (SSSR count). The van der Waals surface area contributed by atoms with Crippen molar-refractivity contribution in [3.05, 3.63) is 271 Å². The molecule has 1 aromatic heterocycles. The van der Waals surface area contributed by atoms with Crippen LogP contribution in [-0.4, -0.2) is 0 Å². The summed E-state index contributed by atoms with van der Waals surface area (Å²) < 4.78 is 6.98. The van der Waals surface area contributed by atoms with Gasteiger partial charge in [-0.2, -0.15) is 0 Å². The Kier molecular flexibility index (Phi) is 8.23. The molecule has 0 saturated carbocycles. The zero-order chi connectivity index (χ0) is 44.1. The van der Waals surface area contributed by atoms with E-state index in [0.29, 0.717) is 0 Å². The highest BCUT2D eigenvalue weighted by molar-refractivity contribution is 6.23. The van der Waals surface area contributed by atoms with Crippen LogP contribution in [0, 0.1) is 0 Å². The van der Waals surface area contributed by atoms with Crippen LogP contribution in [-0.2, 0) is 5.41 Å². The van der Waals surface area contributed by atoms with Crippen molar-refractivity contribution in [1.29, 1.82) is 0 Å². The molecular weight excluding hydrogens is 811 g/mol. The lowest BCUT2D eigenvalue weighted by atomic mass is 9.70. The molecular formula is C65H41NO. The average molecular weight is 852 g/mol. The number of rotatable bonds is 6. The van der Waals surface area contributed by atoms with Crippen LogP contribution in [0.3, 0.4) is 0 Å². The van der Waals surface area contributed by atoms with E-state index in [2.05, 4.69) is 254 Å². The van der Waals surface area contributed by atoms with Crippen molar-refractivity contribution in [2.24, 2.45) is 0 Å². The maximum atomic E-state index is 6.98. The van der Waals surface area contributed by atoms with Gasteiger partial charge in [0.25, 0.3) is 0 Å². The summed E-state index contributed by atoms with van der Waals surface area (Å²) in [6.45, 7) is 0. The van der Waals surface area contributed by atoms with Crippen LogP contribution in [0.15, 0.2) is 253 Å². The molecule has 0 radical (unpaired) electrons. The van der Waals surface area contributed by atoms with Crippen molar-refractivity contribution in [3.63, 3.8) is 0 Å². The van der Waals surface area contributed by atoms with Gasteiger partial charge in [0.15, 0.2) is 0 Å². The third kappa shape index (κ3) is 5.45. The lowest BCUT2D eigenvalue weighted by Crippen LogP contribution is -2.25. The molecule has 0 fully saturated rings. The summed E-state index contributed by atoms with van der Waals surface area (Å²) in [4.78, 5) is 2.37. The summed E-state index contributed by atoms with van der Waals surface area (Å²) in [5, 5.41) is 4.41. The third-order valence-corrected chi connectivity index (χ3v) is 14.5. The zero-order valence-corrected chi connectivity index (χ0v) is 36.5. The van der Waals surface area contributed by atoms with Gasteiger partial charge in [0.05, 0.1) is 16.5 Å². The standard InChI is InChI=1S/C65H41NO/c1-3-18-42(19-4-1)43-34-37-46(38-35-43)66(45-20-5-2-6-21-45)61-32-17-33-62-63(61)56-41-55(49-24-9-10-28-54(49)64(56)67-62)48-23-8-7-22-47(48)44-36-39-53-52-27-13-16-31-59(52)65(60(53)40-44)57-29-14-11-25-50(57)51-26-12-15-30-58(51)65/h1-41H. The first kappa shape index (κ1) is 37.6. The summed E-state index contributed by atoms with van der Waals surface area (Å²) in [6, 6.07) is 91.1. The summed E-state index contributed by atoms with van der Waals surface area (Å²) in [7, 11) is 0. The fourth-order valence-electron chi connectivity index (χ4n) is 11.7. The first-order valence-corrected chi connectivity index (χ1v) is 23.2. The minimum Gasteiger partial charge on any atom is -0.455 e. The molecule has 0 aliphatic heterocycles. The molecule has 0 unspecified atom stereocenters. The number of hydrogen-bond donors (Lipinski definition) is 0. The second-order valence-electron chi connectivity index (χ2n) is 17.9. The number of benzene rings is 11. The molecule has 1 spiro atoms. The maximum Gasteiger partial charge on any atom is 0.143 e. The fraction of sp³-hybridized carbons (Fsp3) is 0.0154. The van der Waals surface area contributed by atoms with Crippen molar-refractivity contribution in [1.82, 2.24) is 0 Å². The Morgan fingerprint density at radius 1 is 0.299 bits per heavy atom. The van der Waals surface area contributed by atoms with Gasteiger partial charge in [-0.05, 0) is 132 Å². The Balaban J connectivity index is 0.984. The number of hydrogen-bond acceptors (Lipinski definition) is 2. The van der Waals surface area contributed by atoms with E-state index in [9.17, 15) is 0 Å². The second-order valence-corrected chi connectivity index (χ2v) is 17.9. The molecule has 0 saturated heterocycles. The van der Waals surface area contributed by atoms with Crippen LogP contribution in [0.2, 0.25) is 0 Å². The van der Waals surface area contributed by atoms with Crippen LogP contribution in [0.4, 0.5) is 17.1 Å². The van der Waals surface area contributed by atoms with E-state index in [0.717, 1.165) is 49.8 Å². The Bertz CT molecular complexity index is 3860. The first-order chi connectivity index (χ1) is 33.3. The number of anilines is 3. The van der Waals surface area contributed by atoms with Crippen molar-refractivity contribution in [3.8, 4) is 55.6 Å². The van der Waals surface area contributed by atoms with Crippen molar-refractivity contribution in [2.45, 2.75) is 5.41 Å². The van der Waals surface area contributed by atoms with Gasteiger partial charge in [-0.15, -0.1) is 0 Å². The lowest BCUT2D eigenvalue weighted by molar-refractivity contribution is 0.672. The number of para-hydroxylation sites is 1. The minimum absolute atomic E-state index is 0.422. The lowest BCUT2D eigenvalue weighted by Gasteiger charge is -2.30. The highest BCUT2D eigenvalue weighted by Crippen LogP contribution is 2.63. The van der Waals surface area contributed by atoms with Gasteiger partial charge in [0, 0.05) is 22.1 Å². The zero-order valence-electron chi connectivity index (χ0n) is 36.5. The van der Waals surface area contributed by atoms with E-state index in [-0.39, 0.29) is 0 Å². The normalized spacial score (nSPS) is 12.9. The van der Waals surface area contributed by atoms with Crippen LogP contribution in [0.5, 0.6) is 0 Å². The first-order valence-electron chi connectivity index (χ1n) is 23.2. The molecule has 0 N–H and O–H groups in total. The molecule has 0 atom stereocenters. The van der Waals surface area contributed by atoms with Gasteiger partial charge >= 0.3 is 0 Å². The molecule has 312 valence electrons. The van der Waals surface area contributed by atoms with Crippen molar-refractivity contribution < 1.29 is 4.42 Å². The molecule has 2 nitrogen and oxygen atoms in total.